The Kier molecular flexibility index (Phi) is 3.12. The van der Waals surface area contributed by atoms with E-state index in [1.807, 2.05) is 0 Å². The van der Waals surface area contributed by atoms with Crippen molar-refractivity contribution in [2.24, 2.45) is 0 Å². The SMILES string of the molecule is Oc1ccc(F)c(C2CCNCC2)c1Cl. The van der Waals surface area contributed by atoms with E-state index >= 15 is 0 Å². The van der Waals surface area contributed by atoms with Gasteiger partial charge in [0.15, 0.2) is 0 Å². The molecule has 0 bridgehead atoms. The van der Waals surface area contributed by atoms with E-state index in [1.165, 1.54) is 12.1 Å². The monoisotopic (exact) mass is 229 g/mol. The second-order valence-electron chi connectivity index (χ2n) is 3.82. The number of phenolic OH excluding ortho intramolecular Hbond substituents is 1. The number of piperidine rings is 1. The van der Waals surface area contributed by atoms with Crippen molar-refractivity contribution >= 4 is 11.6 Å². The van der Waals surface area contributed by atoms with Gasteiger partial charge in [-0.1, -0.05) is 11.6 Å². The lowest BCUT2D eigenvalue weighted by Crippen LogP contribution is -2.27. The van der Waals surface area contributed by atoms with Gasteiger partial charge in [0, 0.05) is 5.56 Å². The van der Waals surface area contributed by atoms with Crippen molar-refractivity contribution in [3.8, 4) is 5.75 Å². The standard InChI is InChI=1S/C11H13ClFNO/c12-11-9(15)2-1-8(13)10(11)7-3-5-14-6-4-7/h1-2,7,14-15H,3-6H2. The molecule has 82 valence electrons. The average Bonchev–Trinajstić information content (AvgIpc) is 2.26. The summed E-state index contributed by atoms with van der Waals surface area (Å²) in [4.78, 5) is 0. The number of aromatic hydroxyl groups is 1. The van der Waals surface area contributed by atoms with Gasteiger partial charge in [-0.05, 0) is 44.0 Å². The quantitative estimate of drug-likeness (QED) is 0.776. The number of hydrogen-bond donors (Lipinski definition) is 2. The van der Waals surface area contributed by atoms with Gasteiger partial charge in [-0.15, -0.1) is 0 Å². The van der Waals surface area contributed by atoms with E-state index in [1.54, 1.807) is 0 Å². The Morgan fingerprint density at radius 2 is 2.00 bits per heavy atom. The maximum atomic E-state index is 13.6. The third kappa shape index (κ3) is 2.08. The molecular weight excluding hydrogens is 217 g/mol. The highest BCUT2D eigenvalue weighted by molar-refractivity contribution is 6.32. The molecule has 2 nitrogen and oxygen atoms in total. The molecular formula is C11H13ClFNO. The van der Waals surface area contributed by atoms with Crippen molar-refractivity contribution in [1.29, 1.82) is 0 Å². The summed E-state index contributed by atoms with van der Waals surface area (Å²) in [5.41, 5.74) is 0.471. The Balaban J connectivity index is 2.36. The van der Waals surface area contributed by atoms with Crippen molar-refractivity contribution in [1.82, 2.24) is 5.32 Å². The fourth-order valence-corrected chi connectivity index (χ4v) is 2.35. The Hall–Kier alpha value is -0.800. The number of halogens is 2. The molecule has 0 saturated carbocycles. The van der Waals surface area contributed by atoms with Gasteiger partial charge in [0.2, 0.25) is 0 Å². The Bertz CT molecular complexity index is 364. The minimum absolute atomic E-state index is 0.0356. The molecule has 0 amide bonds. The summed E-state index contributed by atoms with van der Waals surface area (Å²) in [5.74, 6) is -0.234. The van der Waals surface area contributed by atoms with E-state index in [4.69, 9.17) is 11.6 Å². The van der Waals surface area contributed by atoms with E-state index in [0.29, 0.717) is 5.56 Å². The lowest BCUT2D eigenvalue weighted by atomic mass is 9.89. The average molecular weight is 230 g/mol. The third-order valence-electron chi connectivity index (χ3n) is 2.85. The number of benzene rings is 1. The Morgan fingerprint density at radius 1 is 1.33 bits per heavy atom. The van der Waals surface area contributed by atoms with Crippen LogP contribution in [0.5, 0.6) is 5.75 Å². The molecule has 2 N–H and O–H groups in total. The van der Waals surface area contributed by atoms with Crippen LogP contribution >= 0.6 is 11.6 Å². The zero-order valence-corrected chi connectivity index (χ0v) is 9.02. The molecule has 0 spiro atoms. The molecule has 0 radical (unpaired) electrons. The highest BCUT2D eigenvalue weighted by Crippen LogP contribution is 2.37. The fourth-order valence-electron chi connectivity index (χ4n) is 2.04. The van der Waals surface area contributed by atoms with Crippen molar-refractivity contribution in [3.63, 3.8) is 0 Å². The van der Waals surface area contributed by atoms with Gasteiger partial charge >= 0.3 is 0 Å². The number of hydrogen-bond acceptors (Lipinski definition) is 2. The van der Waals surface area contributed by atoms with Crippen LogP contribution < -0.4 is 5.32 Å². The van der Waals surface area contributed by atoms with Crippen LogP contribution in [0.25, 0.3) is 0 Å². The summed E-state index contributed by atoms with van der Waals surface area (Å²) >= 11 is 5.92. The fraction of sp³-hybridized carbons (Fsp3) is 0.455. The Labute approximate surface area is 93.1 Å². The van der Waals surface area contributed by atoms with Crippen LogP contribution in [0.4, 0.5) is 4.39 Å². The molecule has 1 aromatic carbocycles. The minimum atomic E-state index is -0.315. The zero-order valence-electron chi connectivity index (χ0n) is 8.26. The molecule has 1 aliphatic heterocycles. The molecule has 1 heterocycles. The Morgan fingerprint density at radius 3 is 2.67 bits per heavy atom. The molecule has 1 fully saturated rings. The highest BCUT2D eigenvalue weighted by Gasteiger charge is 2.22. The van der Waals surface area contributed by atoms with Gasteiger partial charge in [0.05, 0.1) is 5.02 Å². The molecule has 4 heteroatoms. The second kappa shape index (κ2) is 4.37. The number of phenols is 1. The molecule has 1 aromatic rings. The highest BCUT2D eigenvalue weighted by atomic mass is 35.5. The second-order valence-corrected chi connectivity index (χ2v) is 4.20. The van der Waals surface area contributed by atoms with Crippen LogP contribution in [-0.2, 0) is 0 Å². The zero-order chi connectivity index (χ0) is 10.8. The van der Waals surface area contributed by atoms with Gasteiger partial charge in [-0.25, -0.2) is 4.39 Å². The first-order chi connectivity index (χ1) is 7.20. The maximum absolute atomic E-state index is 13.6. The summed E-state index contributed by atoms with van der Waals surface area (Å²) in [6.45, 7) is 1.74. The van der Waals surface area contributed by atoms with E-state index in [2.05, 4.69) is 5.32 Å². The third-order valence-corrected chi connectivity index (χ3v) is 3.25. The van der Waals surface area contributed by atoms with Crippen molar-refractivity contribution < 1.29 is 9.50 Å². The van der Waals surface area contributed by atoms with Gasteiger partial charge in [-0.2, -0.15) is 0 Å². The first-order valence-corrected chi connectivity index (χ1v) is 5.45. The van der Waals surface area contributed by atoms with Gasteiger partial charge < -0.3 is 10.4 Å². The molecule has 2 rings (SSSR count). The van der Waals surface area contributed by atoms with E-state index in [0.717, 1.165) is 25.9 Å². The minimum Gasteiger partial charge on any atom is -0.506 e. The summed E-state index contributed by atoms with van der Waals surface area (Å²) in [6, 6.07) is 2.57. The molecule has 0 unspecified atom stereocenters. The van der Waals surface area contributed by atoms with Crippen LogP contribution in [0.15, 0.2) is 12.1 Å². The molecule has 0 atom stereocenters. The van der Waals surface area contributed by atoms with Crippen LogP contribution in [0.1, 0.15) is 24.3 Å². The molecule has 0 aromatic heterocycles. The van der Waals surface area contributed by atoms with Crippen molar-refractivity contribution in [3.05, 3.63) is 28.5 Å². The van der Waals surface area contributed by atoms with E-state index < -0.39 is 0 Å². The van der Waals surface area contributed by atoms with E-state index in [9.17, 15) is 9.50 Å². The van der Waals surface area contributed by atoms with Crippen molar-refractivity contribution in [2.75, 3.05) is 13.1 Å². The normalized spacial score (nSPS) is 18.0. The first kappa shape index (κ1) is 10.7. The predicted molar refractivity (Wildman–Crippen MR) is 57.9 cm³/mol. The van der Waals surface area contributed by atoms with Crippen LogP contribution in [0, 0.1) is 5.82 Å². The van der Waals surface area contributed by atoms with Gasteiger partial charge in [0.1, 0.15) is 11.6 Å². The lowest BCUT2D eigenvalue weighted by molar-refractivity contribution is 0.436. The molecule has 1 saturated heterocycles. The number of nitrogens with one attached hydrogen (secondary N) is 1. The molecule has 1 aliphatic rings. The van der Waals surface area contributed by atoms with Gasteiger partial charge in [-0.3, -0.25) is 0 Å². The first-order valence-electron chi connectivity index (χ1n) is 5.07. The lowest BCUT2D eigenvalue weighted by Gasteiger charge is -2.24. The van der Waals surface area contributed by atoms with Crippen LogP contribution in [-0.4, -0.2) is 18.2 Å². The van der Waals surface area contributed by atoms with Gasteiger partial charge in [0.25, 0.3) is 0 Å². The van der Waals surface area contributed by atoms with Crippen molar-refractivity contribution in [2.45, 2.75) is 18.8 Å². The summed E-state index contributed by atoms with van der Waals surface area (Å²) < 4.78 is 13.6. The topological polar surface area (TPSA) is 32.3 Å². The number of rotatable bonds is 1. The largest absolute Gasteiger partial charge is 0.506 e. The summed E-state index contributed by atoms with van der Waals surface area (Å²) in [7, 11) is 0. The maximum Gasteiger partial charge on any atom is 0.134 e. The predicted octanol–water partition coefficient (Wildman–Crippen LogP) is 2.65. The summed E-state index contributed by atoms with van der Waals surface area (Å²) in [5, 5.41) is 12.8. The smallest absolute Gasteiger partial charge is 0.134 e. The molecule has 0 aliphatic carbocycles. The van der Waals surface area contributed by atoms with E-state index in [-0.39, 0.29) is 22.5 Å². The summed E-state index contributed by atoms with van der Waals surface area (Å²) in [6.07, 6.45) is 1.72. The van der Waals surface area contributed by atoms with Crippen LogP contribution in [0.3, 0.4) is 0 Å². The van der Waals surface area contributed by atoms with Crippen LogP contribution in [0.2, 0.25) is 5.02 Å². The molecule has 15 heavy (non-hydrogen) atoms.